The van der Waals surface area contributed by atoms with Crippen LogP contribution in [0.2, 0.25) is 0 Å². The molecule has 1 saturated heterocycles. The molecule has 0 bridgehead atoms. The predicted octanol–water partition coefficient (Wildman–Crippen LogP) is 2.63. The van der Waals surface area contributed by atoms with E-state index in [0.29, 0.717) is 16.9 Å². The van der Waals surface area contributed by atoms with E-state index in [-0.39, 0.29) is 17.4 Å². The average molecular weight is 309 g/mol. The number of nitrogens with zero attached hydrogens (tertiary/aromatic N) is 3. The Hall–Kier alpha value is -2.89. The van der Waals surface area contributed by atoms with Gasteiger partial charge in [-0.05, 0) is 31.0 Å². The third kappa shape index (κ3) is 2.23. The Morgan fingerprint density at radius 3 is 2.78 bits per heavy atom. The maximum atomic E-state index is 12.4. The summed E-state index contributed by atoms with van der Waals surface area (Å²) in [5.74, 6) is 0.548. The Labute approximate surface area is 132 Å². The minimum atomic E-state index is -0.506. The van der Waals surface area contributed by atoms with Gasteiger partial charge in [-0.15, -0.1) is 0 Å². The van der Waals surface area contributed by atoms with Crippen molar-refractivity contribution >= 4 is 16.9 Å². The molecule has 6 heteroatoms. The molecular weight excluding hydrogens is 294 g/mol. The summed E-state index contributed by atoms with van der Waals surface area (Å²) in [5.41, 5.74) is 0.168. The summed E-state index contributed by atoms with van der Waals surface area (Å²) in [6.45, 7) is 0.736. The van der Waals surface area contributed by atoms with Crippen LogP contribution in [-0.4, -0.2) is 21.6 Å². The summed E-state index contributed by atoms with van der Waals surface area (Å²) in [4.78, 5) is 22.9. The minimum Gasteiger partial charge on any atom is -0.507 e. The molecule has 2 aromatic heterocycles. The fourth-order valence-electron chi connectivity index (χ4n) is 3.19. The highest BCUT2D eigenvalue weighted by Gasteiger charge is 2.33. The molecule has 3 heterocycles. The number of hydrogen-bond acceptors (Lipinski definition) is 6. The van der Waals surface area contributed by atoms with E-state index in [1.807, 2.05) is 4.90 Å². The summed E-state index contributed by atoms with van der Waals surface area (Å²) in [6.07, 6.45) is 4.98. The zero-order valence-corrected chi connectivity index (χ0v) is 12.3. The molecule has 1 atom stereocenters. The van der Waals surface area contributed by atoms with Crippen LogP contribution in [0.15, 0.2) is 51.9 Å². The first kappa shape index (κ1) is 13.8. The first-order valence-electron chi connectivity index (χ1n) is 7.54. The van der Waals surface area contributed by atoms with Crippen molar-refractivity contribution in [1.29, 1.82) is 0 Å². The monoisotopic (exact) mass is 309 g/mol. The van der Waals surface area contributed by atoms with Crippen LogP contribution >= 0.6 is 0 Å². The molecule has 4 rings (SSSR count). The normalized spacial score (nSPS) is 17.7. The fourth-order valence-corrected chi connectivity index (χ4v) is 3.19. The van der Waals surface area contributed by atoms with Crippen LogP contribution in [0, 0.1) is 0 Å². The first-order valence-corrected chi connectivity index (χ1v) is 7.54. The summed E-state index contributed by atoms with van der Waals surface area (Å²) in [6, 6.07) is 8.46. The Balaban J connectivity index is 1.87. The van der Waals surface area contributed by atoms with Crippen molar-refractivity contribution in [1.82, 2.24) is 9.97 Å². The minimum absolute atomic E-state index is 0.00955. The topological polar surface area (TPSA) is 79.5 Å². The maximum Gasteiger partial charge on any atom is 0.345 e. The van der Waals surface area contributed by atoms with Gasteiger partial charge in [0.05, 0.1) is 11.4 Å². The molecule has 116 valence electrons. The number of benzene rings is 1. The van der Waals surface area contributed by atoms with Crippen LogP contribution in [0.25, 0.3) is 11.0 Å². The summed E-state index contributed by atoms with van der Waals surface area (Å²) in [5, 5.41) is 11.2. The van der Waals surface area contributed by atoms with Gasteiger partial charge in [0.1, 0.15) is 16.9 Å². The highest BCUT2D eigenvalue weighted by molar-refractivity contribution is 5.84. The highest BCUT2D eigenvalue weighted by atomic mass is 16.4. The Morgan fingerprint density at radius 1 is 1.17 bits per heavy atom. The number of para-hydroxylation sites is 1. The van der Waals surface area contributed by atoms with Crippen LogP contribution in [0.4, 0.5) is 5.95 Å². The smallest absolute Gasteiger partial charge is 0.345 e. The van der Waals surface area contributed by atoms with Crippen molar-refractivity contribution in [2.75, 3.05) is 11.4 Å². The van der Waals surface area contributed by atoms with Gasteiger partial charge in [-0.2, -0.15) is 0 Å². The third-order valence-electron chi connectivity index (χ3n) is 4.21. The van der Waals surface area contributed by atoms with Gasteiger partial charge in [0.25, 0.3) is 0 Å². The van der Waals surface area contributed by atoms with Gasteiger partial charge in [-0.25, -0.2) is 14.8 Å². The van der Waals surface area contributed by atoms with Crippen molar-refractivity contribution < 1.29 is 9.52 Å². The molecule has 23 heavy (non-hydrogen) atoms. The molecule has 1 N–H and O–H groups in total. The molecule has 0 spiro atoms. The van der Waals surface area contributed by atoms with Crippen molar-refractivity contribution in [3.63, 3.8) is 0 Å². The van der Waals surface area contributed by atoms with Gasteiger partial charge in [0.15, 0.2) is 0 Å². The van der Waals surface area contributed by atoms with Crippen LogP contribution in [-0.2, 0) is 0 Å². The van der Waals surface area contributed by atoms with E-state index in [1.54, 1.807) is 42.7 Å². The molecule has 1 aromatic carbocycles. The molecule has 0 radical (unpaired) electrons. The van der Waals surface area contributed by atoms with Gasteiger partial charge in [0.2, 0.25) is 5.95 Å². The lowest BCUT2D eigenvalue weighted by atomic mass is 10.0. The highest BCUT2D eigenvalue weighted by Crippen LogP contribution is 2.39. The molecule has 3 aromatic rings. The number of hydrogen-bond donors (Lipinski definition) is 1. The summed E-state index contributed by atoms with van der Waals surface area (Å²) < 4.78 is 5.39. The summed E-state index contributed by atoms with van der Waals surface area (Å²) in [7, 11) is 0. The molecule has 6 nitrogen and oxygen atoms in total. The average Bonchev–Trinajstić information content (AvgIpc) is 3.05. The lowest BCUT2D eigenvalue weighted by Gasteiger charge is -2.24. The predicted molar refractivity (Wildman–Crippen MR) is 85.5 cm³/mol. The second kappa shape index (κ2) is 5.39. The maximum absolute atomic E-state index is 12.4. The number of anilines is 1. The van der Waals surface area contributed by atoms with Crippen molar-refractivity contribution in [3.8, 4) is 5.75 Å². The van der Waals surface area contributed by atoms with E-state index in [2.05, 4.69) is 9.97 Å². The van der Waals surface area contributed by atoms with E-state index >= 15 is 0 Å². The van der Waals surface area contributed by atoms with E-state index in [9.17, 15) is 9.90 Å². The van der Waals surface area contributed by atoms with E-state index in [0.717, 1.165) is 19.4 Å². The zero-order chi connectivity index (χ0) is 15.8. The first-order chi connectivity index (χ1) is 11.3. The Morgan fingerprint density at radius 2 is 1.96 bits per heavy atom. The van der Waals surface area contributed by atoms with E-state index < -0.39 is 5.63 Å². The Kier molecular flexibility index (Phi) is 3.22. The molecule has 1 aliphatic heterocycles. The Bertz CT molecular complexity index is 908. The second-order valence-corrected chi connectivity index (χ2v) is 5.55. The van der Waals surface area contributed by atoms with Gasteiger partial charge in [-0.1, -0.05) is 12.1 Å². The number of fused-ring (bicyclic) bond motifs is 1. The molecule has 1 fully saturated rings. The van der Waals surface area contributed by atoms with Gasteiger partial charge >= 0.3 is 5.63 Å². The molecule has 0 saturated carbocycles. The van der Waals surface area contributed by atoms with Gasteiger partial charge in [0, 0.05) is 18.9 Å². The number of rotatable bonds is 2. The van der Waals surface area contributed by atoms with Gasteiger partial charge in [-0.3, -0.25) is 0 Å². The van der Waals surface area contributed by atoms with E-state index in [4.69, 9.17) is 4.42 Å². The molecule has 1 unspecified atom stereocenters. The largest absolute Gasteiger partial charge is 0.507 e. The number of aromatic nitrogens is 2. The SMILES string of the molecule is O=c1oc2ccccc2c(O)c1C1CCCN1c1ncccn1. The molecule has 1 aliphatic rings. The lowest BCUT2D eigenvalue weighted by Crippen LogP contribution is -2.28. The summed E-state index contributed by atoms with van der Waals surface area (Å²) >= 11 is 0. The molecule has 0 aliphatic carbocycles. The van der Waals surface area contributed by atoms with Crippen LogP contribution in [0.5, 0.6) is 5.75 Å². The number of aromatic hydroxyl groups is 1. The fraction of sp³-hybridized carbons (Fsp3) is 0.235. The van der Waals surface area contributed by atoms with Crippen molar-refractivity contribution in [2.45, 2.75) is 18.9 Å². The van der Waals surface area contributed by atoms with Crippen LogP contribution in [0.3, 0.4) is 0 Å². The van der Waals surface area contributed by atoms with Crippen LogP contribution in [0.1, 0.15) is 24.4 Å². The van der Waals surface area contributed by atoms with Crippen LogP contribution < -0.4 is 10.5 Å². The van der Waals surface area contributed by atoms with Crippen molar-refractivity contribution in [2.24, 2.45) is 0 Å². The third-order valence-corrected chi connectivity index (χ3v) is 4.21. The van der Waals surface area contributed by atoms with E-state index in [1.165, 1.54) is 0 Å². The molecule has 0 amide bonds. The molecular formula is C17H15N3O3. The zero-order valence-electron chi connectivity index (χ0n) is 12.3. The lowest BCUT2D eigenvalue weighted by molar-refractivity contribution is 0.446. The standard InChI is InChI=1S/C17H15N3O3/c21-15-11-5-1-2-7-13(11)23-16(22)14(15)12-6-3-10-20(12)17-18-8-4-9-19-17/h1-2,4-5,7-9,12,21H,3,6,10H2. The van der Waals surface area contributed by atoms with Crippen molar-refractivity contribution in [3.05, 3.63) is 58.7 Å². The van der Waals surface area contributed by atoms with Gasteiger partial charge < -0.3 is 14.4 Å². The second-order valence-electron chi connectivity index (χ2n) is 5.55. The quantitative estimate of drug-likeness (QED) is 0.733.